The fourth-order valence-electron chi connectivity index (χ4n) is 2.33. The Bertz CT molecular complexity index is 470. The summed E-state index contributed by atoms with van der Waals surface area (Å²) in [4.78, 5) is 25.4. The molecular weight excluding hydrogens is 270 g/mol. The maximum atomic E-state index is 12.0. The lowest BCUT2D eigenvalue weighted by Gasteiger charge is -2.31. The van der Waals surface area contributed by atoms with Gasteiger partial charge in [-0.2, -0.15) is 0 Å². The van der Waals surface area contributed by atoms with Crippen LogP contribution in [-0.2, 0) is 4.79 Å². The fourth-order valence-corrected chi connectivity index (χ4v) is 2.33. The monoisotopic (exact) mass is 291 g/mol. The molecule has 0 bridgehead atoms. The van der Waals surface area contributed by atoms with Gasteiger partial charge >= 0.3 is 6.03 Å². The van der Waals surface area contributed by atoms with Gasteiger partial charge in [-0.3, -0.25) is 4.79 Å². The summed E-state index contributed by atoms with van der Waals surface area (Å²) in [6.07, 6.45) is 1.64. The molecule has 1 heterocycles. The molecule has 0 saturated carbocycles. The molecular formula is C15H21N3O3. The van der Waals surface area contributed by atoms with Crippen LogP contribution in [0.15, 0.2) is 30.3 Å². The van der Waals surface area contributed by atoms with Gasteiger partial charge in [0.2, 0.25) is 5.91 Å². The smallest absolute Gasteiger partial charge is 0.319 e. The lowest BCUT2D eigenvalue weighted by molar-refractivity contribution is -0.131. The maximum absolute atomic E-state index is 12.0. The molecule has 1 saturated heterocycles. The highest BCUT2D eigenvalue weighted by Crippen LogP contribution is 2.16. The summed E-state index contributed by atoms with van der Waals surface area (Å²) in [6.45, 7) is 1.46. The summed E-state index contributed by atoms with van der Waals surface area (Å²) in [5.41, 5.74) is 0.686. The second-order valence-corrected chi connectivity index (χ2v) is 5.18. The Morgan fingerprint density at radius 3 is 2.48 bits per heavy atom. The van der Waals surface area contributed by atoms with E-state index in [0.717, 1.165) is 12.8 Å². The van der Waals surface area contributed by atoms with Crippen molar-refractivity contribution in [3.63, 3.8) is 0 Å². The molecule has 1 aliphatic rings. The van der Waals surface area contributed by atoms with E-state index in [4.69, 9.17) is 5.11 Å². The van der Waals surface area contributed by atoms with Crippen molar-refractivity contribution in [3.8, 4) is 0 Å². The second-order valence-electron chi connectivity index (χ2n) is 5.18. The molecule has 6 heteroatoms. The van der Waals surface area contributed by atoms with Crippen LogP contribution >= 0.6 is 0 Å². The Kier molecular flexibility index (Phi) is 5.57. The molecule has 0 atom stereocenters. The number of amides is 3. The predicted molar refractivity (Wildman–Crippen MR) is 79.9 cm³/mol. The molecule has 2 rings (SSSR count). The molecule has 1 aliphatic heterocycles. The number of rotatable bonds is 4. The number of hydrogen-bond donors (Lipinski definition) is 3. The van der Waals surface area contributed by atoms with Gasteiger partial charge in [0.25, 0.3) is 0 Å². The summed E-state index contributed by atoms with van der Waals surface area (Å²) < 4.78 is 0. The van der Waals surface area contributed by atoms with E-state index >= 15 is 0 Å². The lowest BCUT2D eigenvalue weighted by Crippen LogP contribution is -2.45. The first kappa shape index (κ1) is 15.3. The van der Waals surface area contributed by atoms with E-state index in [1.54, 1.807) is 17.0 Å². The second kappa shape index (κ2) is 7.64. The number of aliphatic hydroxyl groups is 1. The SMILES string of the molecule is O=C(NCC(=O)N1CCC(CO)CC1)Nc1ccccc1. The number of aliphatic hydroxyl groups excluding tert-OH is 1. The normalized spacial score (nSPS) is 15.6. The van der Waals surface area contributed by atoms with Crippen molar-refractivity contribution in [2.24, 2.45) is 5.92 Å². The van der Waals surface area contributed by atoms with Crippen molar-refractivity contribution < 1.29 is 14.7 Å². The molecule has 0 unspecified atom stereocenters. The number of hydrogen-bond acceptors (Lipinski definition) is 3. The molecule has 1 fully saturated rings. The highest BCUT2D eigenvalue weighted by molar-refractivity contribution is 5.92. The number of para-hydroxylation sites is 1. The number of urea groups is 1. The predicted octanol–water partition coefficient (Wildman–Crippen LogP) is 1.04. The van der Waals surface area contributed by atoms with E-state index in [9.17, 15) is 9.59 Å². The molecule has 114 valence electrons. The van der Waals surface area contributed by atoms with E-state index in [1.165, 1.54) is 0 Å². The molecule has 3 amide bonds. The molecule has 1 aromatic carbocycles. The van der Waals surface area contributed by atoms with E-state index in [0.29, 0.717) is 24.7 Å². The van der Waals surface area contributed by atoms with Crippen molar-refractivity contribution in [1.29, 1.82) is 0 Å². The van der Waals surface area contributed by atoms with Gasteiger partial charge in [0, 0.05) is 25.4 Å². The number of carbonyl (C=O) groups is 2. The van der Waals surface area contributed by atoms with Gasteiger partial charge in [0.1, 0.15) is 0 Å². The Hall–Kier alpha value is -2.08. The average molecular weight is 291 g/mol. The van der Waals surface area contributed by atoms with E-state index < -0.39 is 0 Å². The summed E-state index contributed by atoms with van der Waals surface area (Å²) in [7, 11) is 0. The molecule has 21 heavy (non-hydrogen) atoms. The number of anilines is 1. The van der Waals surface area contributed by atoms with Crippen LogP contribution in [0.3, 0.4) is 0 Å². The fraction of sp³-hybridized carbons (Fsp3) is 0.467. The van der Waals surface area contributed by atoms with Gasteiger partial charge in [-0.1, -0.05) is 18.2 Å². The van der Waals surface area contributed by atoms with Gasteiger partial charge in [-0.05, 0) is 30.9 Å². The van der Waals surface area contributed by atoms with Crippen molar-refractivity contribution in [2.45, 2.75) is 12.8 Å². The Balaban J connectivity index is 1.70. The van der Waals surface area contributed by atoms with Crippen LogP contribution in [0.2, 0.25) is 0 Å². The first-order valence-electron chi connectivity index (χ1n) is 7.17. The number of likely N-dealkylation sites (tertiary alicyclic amines) is 1. The van der Waals surface area contributed by atoms with Crippen molar-refractivity contribution in [1.82, 2.24) is 10.2 Å². The highest BCUT2D eigenvalue weighted by atomic mass is 16.3. The lowest BCUT2D eigenvalue weighted by atomic mass is 9.98. The highest BCUT2D eigenvalue weighted by Gasteiger charge is 2.22. The minimum atomic E-state index is -0.389. The molecule has 0 aliphatic carbocycles. The van der Waals surface area contributed by atoms with Crippen molar-refractivity contribution in [3.05, 3.63) is 30.3 Å². The van der Waals surface area contributed by atoms with Gasteiger partial charge in [0.05, 0.1) is 6.54 Å². The van der Waals surface area contributed by atoms with Gasteiger partial charge in [-0.15, -0.1) is 0 Å². The first-order valence-corrected chi connectivity index (χ1v) is 7.17. The minimum Gasteiger partial charge on any atom is -0.396 e. The van der Waals surface area contributed by atoms with Gasteiger partial charge in [0.15, 0.2) is 0 Å². The zero-order chi connectivity index (χ0) is 15.1. The van der Waals surface area contributed by atoms with Crippen LogP contribution in [-0.4, -0.2) is 48.2 Å². The van der Waals surface area contributed by atoms with Crippen LogP contribution in [0.5, 0.6) is 0 Å². The summed E-state index contributed by atoms with van der Waals surface area (Å²) >= 11 is 0. The van der Waals surface area contributed by atoms with Gasteiger partial charge in [-0.25, -0.2) is 4.79 Å². The van der Waals surface area contributed by atoms with E-state index in [2.05, 4.69) is 10.6 Å². The number of carbonyl (C=O) groups excluding carboxylic acids is 2. The number of piperidine rings is 1. The third-order valence-electron chi connectivity index (χ3n) is 3.66. The summed E-state index contributed by atoms with van der Waals surface area (Å²) in [5.74, 6) is 0.206. The number of benzene rings is 1. The molecule has 6 nitrogen and oxygen atoms in total. The van der Waals surface area contributed by atoms with E-state index in [-0.39, 0.29) is 25.1 Å². The molecule has 1 aromatic rings. The molecule has 0 spiro atoms. The van der Waals surface area contributed by atoms with Crippen LogP contribution in [0.25, 0.3) is 0 Å². The topological polar surface area (TPSA) is 81.7 Å². The number of nitrogens with one attached hydrogen (secondary N) is 2. The van der Waals surface area contributed by atoms with Crippen LogP contribution in [0.4, 0.5) is 10.5 Å². The Morgan fingerprint density at radius 1 is 1.19 bits per heavy atom. The van der Waals surface area contributed by atoms with E-state index in [1.807, 2.05) is 18.2 Å². The Labute approximate surface area is 124 Å². The first-order chi connectivity index (χ1) is 10.2. The number of nitrogens with zero attached hydrogens (tertiary/aromatic N) is 1. The van der Waals surface area contributed by atoms with Crippen LogP contribution in [0.1, 0.15) is 12.8 Å². The third kappa shape index (κ3) is 4.75. The third-order valence-corrected chi connectivity index (χ3v) is 3.66. The minimum absolute atomic E-state index is 0.0114. The summed E-state index contributed by atoms with van der Waals surface area (Å²) in [5, 5.41) is 14.3. The Morgan fingerprint density at radius 2 is 1.86 bits per heavy atom. The zero-order valence-electron chi connectivity index (χ0n) is 11.9. The molecule has 0 radical (unpaired) electrons. The van der Waals surface area contributed by atoms with Crippen molar-refractivity contribution in [2.75, 3.05) is 31.6 Å². The molecule has 0 aromatic heterocycles. The standard InChI is InChI=1S/C15H21N3O3/c19-11-12-6-8-18(9-7-12)14(20)10-16-15(21)17-13-4-2-1-3-5-13/h1-5,12,19H,6-11H2,(H2,16,17,21). The average Bonchev–Trinajstić information content (AvgIpc) is 2.53. The van der Waals surface area contributed by atoms with Crippen LogP contribution in [0, 0.1) is 5.92 Å². The molecule has 3 N–H and O–H groups in total. The van der Waals surface area contributed by atoms with Gasteiger partial charge < -0.3 is 20.6 Å². The largest absolute Gasteiger partial charge is 0.396 e. The summed E-state index contributed by atoms with van der Waals surface area (Å²) in [6, 6.07) is 8.68. The van der Waals surface area contributed by atoms with Crippen molar-refractivity contribution >= 4 is 17.6 Å². The maximum Gasteiger partial charge on any atom is 0.319 e. The zero-order valence-corrected chi connectivity index (χ0v) is 11.9. The quantitative estimate of drug-likeness (QED) is 0.775. The van der Waals surface area contributed by atoms with Crippen LogP contribution < -0.4 is 10.6 Å².